The van der Waals surface area contributed by atoms with Crippen LogP contribution in [0.3, 0.4) is 0 Å². The molecule has 2 amide bonds. The van der Waals surface area contributed by atoms with Crippen LogP contribution in [0.5, 0.6) is 0 Å². The monoisotopic (exact) mass is 266 g/mol. The molecule has 1 aliphatic carbocycles. The van der Waals surface area contributed by atoms with Crippen molar-refractivity contribution in [1.82, 2.24) is 9.80 Å². The van der Waals surface area contributed by atoms with Gasteiger partial charge in [0.2, 0.25) is 0 Å². The average molecular weight is 266 g/mol. The Morgan fingerprint density at radius 1 is 1.16 bits per heavy atom. The van der Waals surface area contributed by atoms with Crippen LogP contribution in [-0.2, 0) is 4.74 Å². The molecule has 0 aromatic heterocycles. The van der Waals surface area contributed by atoms with Gasteiger partial charge in [-0.05, 0) is 30.1 Å². The van der Waals surface area contributed by atoms with E-state index in [0.717, 1.165) is 26.1 Å². The summed E-state index contributed by atoms with van der Waals surface area (Å²) in [5.74, 6) is 0. The molecule has 19 heavy (non-hydrogen) atoms. The highest BCUT2D eigenvalue weighted by Crippen LogP contribution is 2.52. The zero-order valence-electron chi connectivity index (χ0n) is 12.4. The summed E-state index contributed by atoms with van der Waals surface area (Å²) in [7, 11) is 0. The van der Waals surface area contributed by atoms with Gasteiger partial charge in [0.25, 0.3) is 0 Å². The standard InChI is InChI=1S/C15H26N2O2/c1-14(2)8-12-9-15(3,10-14)11-17(12)13(18)16-4-6-19-7-5-16/h12H,4-11H2,1-3H3/t12-,15+/m1/s1. The number of fused-ring (bicyclic) bond motifs is 2. The SMILES string of the molecule is CC1(C)C[C@@H]2C[C@](C)(CN2C(=O)N2CCOCC2)C1. The molecule has 0 radical (unpaired) electrons. The zero-order chi connectivity index (χ0) is 13.7. The van der Waals surface area contributed by atoms with Crippen LogP contribution >= 0.6 is 0 Å². The van der Waals surface area contributed by atoms with Crippen molar-refractivity contribution in [3.63, 3.8) is 0 Å². The van der Waals surface area contributed by atoms with Crippen molar-refractivity contribution >= 4 is 6.03 Å². The summed E-state index contributed by atoms with van der Waals surface area (Å²) in [5.41, 5.74) is 0.700. The Kier molecular flexibility index (Phi) is 3.04. The van der Waals surface area contributed by atoms with Crippen molar-refractivity contribution < 1.29 is 9.53 Å². The number of rotatable bonds is 0. The molecule has 2 saturated heterocycles. The minimum absolute atomic E-state index is 0.245. The van der Waals surface area contributed by atoms with E-state index in [4.69, 9.17) is 4.74 Å². The van der Waals surface area contributed by atoms with Gasteiger partial charge >= 0.3 is 6.03 Å². The fraction of sp³-hybridized carbons (Fsp3) is 0.933. The van der Waals surface area contributed by atoms with Crippen molar-refractivity contribution in [2.24, 2.45) is 10.8 Å². The zero-order valence-corrected chi connectivity index (χ0v) is 12.4. The topological polar surface area (TPSA) is 32.8 Å². The predicted octanol–water partition coefficient (Wildman–Crippen LogP) is 2.34. The van der Waals surface area contributed by atoms with E-state index in [0.29, 0.717) is 30.1 Å². The Morgan fingerprint density at radius 2 is 1.84 bits per heavy atom. The molecule has 3 fully saturated rings. The van der Waals surface area contributed by atoms with E-state index >= 15 is 0 Å². The number of nitrogens with zero attached hydrogens (tertiary/aromatic N) is 2. The van der Waals surface area contributed by atoms with Crippen LogP contribution in [0.15, 0.2) is 0 Å². The largest absolute Gasteiger partial charge is 0.378 e. The van der Waals surface area contributed by atoms with Crippen molar-refractivity contribution in [2.75, 3.05) is 32.8 Å². The Bertz CT molecular complexity index is 376. The molecule has 0 aromatic rings. The Hall–Kier alpha value is -0.770. The molecule has 0 unspecified atom stereocenters. The third kappa shape index (κ3) is 2.47. The average Bonchev–Trinajstić information content (AvgIpc) is 2.59. The second kappa shape index (κ2) is 4.37. The van der Waals surface area contributed by atoms with Crippen molar-refractivity contribution in [1.29, 1.82) is 0 Å². The number of urea groups is 1. The Balaban J connectivity index is 1.74. The van der Waals surface area contributed by atoms with Gasteiger partial charge in [0, 0.05) is 25.7 Å². The molecular weight excluding hydrogens is 240 g/mol. The molecule has 0 N–H and O–H groups in total. The molecule has 0 spiro atoms. The van der Waals surface area contributed by atoms with Crippen LogP contribution in [0, 0.1) is 10.8 Å². The number of hydrogen-bond acceptors (Lipinski definition) is 2. The normalized spacial score (nSPS) is 37.5. The second-order valence-corrected chi connectivity index (χ2v) is 7.72. The number of ether oxygens (including phenoxy) is 1. The van der Waals surface area contributed by atoms with Gasteiger partial charge in [-0.3, -0.25) is 0 Å². The summed E-state index contributed by atoms with van der Waals surface area (Å²) >= 11 is 0. The molecular formula is C15H26N2O2. The third-order valence-electron chi connectivity index (χ3n) is 4.94. The summed E-state index contributed by atoms with van der Waals surface area (Å²) in [5, 5.41) is 0. The van der Waals surface area contributed by atoms with Gasteiger partial charge in [-0.15, -0.1) is 0 Å². The molecule has 3 rings (SSSR count). The fourth-order valence-corrected chi connectivity index (χ4v) is 4.62. The number of morpholine rings is 1. The molecule has 2 aliphatic heterocycles. The summed E-state index contributed by atoms with van der Waals surface area (Å²) in [4.78, 5) is 16.8. The van der Waals surface area contributed by atoms with Gasteiger partial charge in [-0.2, -0.15) is 0 Å². The molecule has 2 heterocycles. The molecule has 1 saturated carbocycles. The molecule has 3 aliphatic rings. The molecule has 0 aromatic carbocycles. The van der Waals surface area contributed by atoms with E-state index in [9.17, 15) is 4.79 Å². The van der Waals surface area contributed by atoms with Crippen LogP contribution in [0.4, 0.5) is 4.79 Å². The Labute approximate surface area is 116 Å². The van der Waals surface area contributed by atoms with Crippen LogP contribution in [0.2, 0.25) is 0 Å². The molecule has 4 nitrogen and oxygen atoms in total. The lowest BCUT2D eigenvalue weighted by molar-refractivity contribution is 0.0410. The summed E-state index contributed by atoms with van der Waals surface area (Å²) in [6.07, 6.45) is 3.58. The third-order valence-corrected chi connectivity index (χ3v) is 4.94. The first-order valence-electron chi connectivity index (χ1n) is 7.52. The van der Waals surface area contributed by atoms with Crippen LogP contribution < -0.4 is 0 Å². The highest BCUT2D eigenvalue weighted by molar-refractivity contribution is 5.75. The molecule has 4 heteroatoms. The first-order chi connectivity index (χ1) is 8.89. The van der Waals surface area contributed by atoms with E-state index in [-0.39, 0.29) is 6.03 Å². The van der Waals surface area contributed by atoms with Gasteiger partial charge in [0.1, 0.15) is 0 Å². The maximum absolute atomic E-state index is 12.7. The highest BCUT2D eigenvalue weighted by atomic mass is 16.5. The molecule has 2 bridgehead atoms. The van der Waals surface area contributed by atoms with E-state index in [1.54, 1.807) is 0 Å². The van der Waals surface area contributed by atoms with Gasteiger partial charge < -0.3 is 14.5 Å². The quantitative estimate of drug-likeness (QED) is 0.674. The molecule has 108 valence electrons. The lowest BCUT2D eigenvalue weighted by Gasteiger charge is -2.40. The number of carbonyl (C=O) groups excluding carboxylic acids is 1. The number of amides is 2. The van der Waals surface area contributed by atoms with Crippen molar-refractivity contribution in [3.05, 3.63) is 0 Å². The maximum atomic E-state index is 12.7. The predicted molar refractivity (Wildman–Crippen MR) is 74.0 cm³/mol. The lowest BCUT2D eigenvalue weighted by Crippen LogP contribution is -2.50. The first-order valence-corrected chi connectivity index (χ1v) is 7.52. The van der Waals surface area contributed by atoms with E-state index in [1.165, 1.54) is 12.8 Å². The summed E-state index contributed by atoms with van der Waals surface area (Å²) < 4.78 is 5.34. The molecule has 2 atom stereocenters. The number of likely N-dealkylation sites (tertiary alicyclic amines) is 1. The smallest absolute Gasteiger partial charge is 0.320 e. The fourth-order valence-electron chi connectivity index (χ4n) is 4.62. The number of carbonyl (C=O) groups is 1. The van der Waals surface area contributed by atoms with Crippen LogP contribution in [0.1, 0.15) is 40.0 Å². The van der Waals surface area contributed by atoms with Gasteiger partial charge in [0.05, 0.1) is 13.2 Å². The minimum atomic E-state index is 0.245. The van der Waals surface area contributed by atoms with Gasteiger partial charge in [0.15, 0.2) is 0 Å². The van der Waals surface area contributed by atoms with Crippen molar-refractivity contribution in [2.45, 2.75) is 46.1 Å². The van der Waals surface area contributed by atoms with E-state index in [2.05, 4.69) is 25.7 Å². The van der Waals surface area contributed by atoms with Crippen molar-refractivity contribution in [3.8, 4) is 0 Å². The van der Waals surface area contributed by atoms with Gasteiger partial charge in [-0.1, -0.05) is 20.8 Å². The highest BCUT2D eigenvalue weighted by Gasteiger charge is 2.51. The van der Waals surface area contributed by atoms with Crippen LogP contribution in [0.25, 0.3) is 0 Å². The minimum Gasteiger partial charge on any atom is -0.378 e. The van der Waals surface area contributed by atoms with E-state index < -0.39 is 0 Å². The van der Waals surface area contributed by atoms with Gasteiger partial charge in [-0.25, -0.2) is 4.79 Å². The summed E-state index contributed by atoms with van der Waals surface area (Å²) in [6.45, 7) is 10.9. The maximum Gasteiger partial charge on any atom is 0.320 e. The van der Waals surface area contributed by atoms with E-state index in [1.807, 2.05) is 4.90 Å². The lowest BCUT2D eigenvalue weighted by atomic mass is 9.65. The van der Waals surface area contributed by atoms with Crippen LogP contribution in [-0.4, -0.2) is 54.7 Å². The second-order valence-electron chi connectivity index (χ2n) is 7.72. The Morgan fingerprint density at radius 3 is 2.53 bits per heavy atom. The first kappa shape index (κ1) is 13.2. The summed E-state index contributed by atoms with van der Waals surface area (Å²) in [6, 6.07) is 0.693. The number of hydrogen-bond donors (Lipinski definition) is 0.